The van der Waals surface area contributed by atoms with Gasteiger partial charge in [0.1, 0.15) is 0 Å². The second kappa shape index (κ2) is 4.48. The molecule has 6 heteroatoms. The molecular weight excluding hydrogens is 224 g/mol. The highest BCUT2D eigenvalue weighted by Crippen LogP contribution is 2.10. The Bertz CT molecular complexity index is 548. The van der Waals surface area contributed by atoms with Gasteiger partial charge < -0.3 is 14.8 Å². The van der Waals surface area contributed by atoms with E-state index in [0.29, 0.717) is 5.69 Å². The molecule has 6 nitrogen and oxygen atoms in total. The maximum atomic E-state index is 11.6. The molecule has 17 heavy (non-hydrogen) atoms. The van der Waals surface area contributed by atoms with E-state index in [1.54, 1.807) is 6.07 Å². The van der Waals surface area contributed by atoms with Crippen molar-refractivity contribution < 1.29 is 19.1 Å². The summed E-state index contributed by atoms with van der Waals surface area (Å²) in [5.41, 5.74) is 0.300. The number of aromatic nitrogens is 1. The highest BCUT2D eigenvalue weighted by molar-refractivity contribution is 6.02. The summed E-state index contributed by atoms with van der Waals surface area (Å²) in [6.07, 6.45) is 3.93. The number of hydrogen-bond donors (Lipinski definition) is 2. The van der Waals surface area contributed by atoms with Gasteiger partial charge in [0.2, 0.25) is 0 Å². The molecule has 0 aliphatic carbocycles. The standard InChI is InChI=1S/C11H8N2O4/c14-10(9-2-1-3-17-9)13-8-4-7(11(15)16)5-12-6-8/h1-6H,(H,13,14)(H,15,16). The van der Waals surface area contributed by atoms with Crippen molar-refractivity contribution in [2.75, 3.05) is 5.32 Å². The lowest BCUT2D eigenvalue weighted by molar-refractivity contribution is 0.0696. The molecule has 0 atom stereocenters. The molecule has 1 amide bonds. The Balaban J connectivity index is 2.16. The van der Waals surface area contributed by atoms with Gasteiger partial charge in [-0.2, -0.15) is 0 Å². The maximum absolute atomic E-state index is 11.6. The van der Waals surface area contributed by atoms with Crippen LogP contribution in [0.3, 0.4) is 0 Å². The molecule has 0 aromatic carbocycles. The Labute approximate surface area is 95.9 Å². The second-order valence-corrected chi connectivity index (χ2v) is 3.20. The van der Waals surface area contributed by atoms with Crippen molar-refractivity contribution in [2.24, 2.45) is 0 Å². The summed E-state index contributed by atoms with van der Waals surface area (Å²) in [6, 6.07) is 4.40. The third kappa shape index (κ3) is 2.49. The van der Waals surface area contributed by atoms with E-state index in [4.69, 9.17) is 9.52 Å². The van der Waals surface area contributed by atoms with Crippen molar-refractivity contribution in [3.05, 3.63) is 48.2 Å². The molecule has 0 unspecified atom stereocenters. The van der Waals surface area contributed by atoms with Gasteiger partial charge >= 0.3 is 5.97 Å². The lowest BCUT2D eigenvalue weighted by Gasteiger charge is -2.03. The summed E-state index contributed by atoms with van der Waals surface area (Å²) in [5.74, 6) is -1.42. The average molecular weight is 232 g/mol. The molecule has 0 saturated carbocycles. The van der Waals surface area contributed by atoms with Gasteiger partial charge in [-0.3, -0.25) is 9.78 Å². The Morgan fingerprint density at radius 2 is 2.18 bits per heavy atom. The first-order chi connectivity index (χ1) is 8.16. The quantitative estimate of drug-likeness (QED) is 0.838. The van der Waals surface area contributed by atoms with Gasteiger partial charge in [0, 0.05) is 6.20 Å². The lowest BCUT2D eigenvalue weighted by Crippen LogP contribution is -2.11. The van der Waals surface area contributed by atoms with Gasteiger partial charge in [0.15, 0.2) is 5.76 Å². The van der Waals surface area contributed by atoms with Gasteiger partial charge in [-0.1, -0.05) is 0 Å². The third-order valence-electron chi connectivity index (χ3n) is 1.99. The van der Waals surface area contributed by atoms with Gasteiger partial charge in [-0.25, -0.2) is 4.79 Å². The van der Waals surface area contributed by atoms with E-state index < -0.39 is 11.9 Å². The molecule has 0 aliphatic heterocycles. The molecule has 0 fully saturated rings. The SMILES string of the molecule is O=C(O)c1cncc(NC(=O)c2ccco2)c1. The van der Waals surface area contributed by atoms with E-state index >= 15 is 0 Å². The molecular formula is C11H8N2O4. The average Bonchev–Trinajstić information content (AvgIpc) is 2.82. The van der Waals surface area contributed by atoms with Crippen LogP contribution >= 0.6 is 0 Å². The van der Waals surface area contributed by atoms with Crippen LogP contribution in [-0.2, 0) is 0 Å². The summed E-state index contributed by atoms with van der Waals surface area (Å²) in [5, 5.41) is 11.2. The number of rotatable bonds is 3. The Kier molecular flexibility index (Phi) is 2.87. The largest absolute Gasteiger partial charge is 0.478 e. The smallest absolute Gasteiger partial charge is 0.337 e. The van der Waals surface area contributed by atoms with Crippen LogP contribution in [0, 0.1) is 0 Å². The number of nitrogens with zero attached hydrogens (tertiary/aromatic N) is 1. The minimum Gasteiger partial charge on any atom is -0.478 e. The normalized spacial score (nSPS) is 9.88. The lowest BCUT2D eigenvalue weighted by atomic mass is 10.2. The molecule has 86 valence electrons. The number of hydrogen-bond acceptors (Lipinski definition) is 4. The number of carbonyl (C=O) groups excluding carboxylic acids is 1. The summed E-state index contributed by atoms with van der Waals surface area (Å²) in [4.78, 5) is 26.0. The van der Waals surface area contributed by atoms with Crippen LogP contribution in [0.4, 0.5) is 5.69 Å². The fourth-order valence-electron chi connectivity index (χ4n) is 1.23. The molecule has 0 spiro atoms. The molecule has 2 rings (SSSR count). The van der Waals surface area contributed by atoms with Crippen molar-refractivity contribution in [3.8, 4) is 0 Å². The molecule has 2 N–H and O–H groups in total. The summed E-state index contributed by atoms with van der Waals surface area (Å²) in [6.45, 7) is 0. The zero-order chi connectivity index (χ0) is 12.3. The molecule has 2 heterocycles. The molecule has 0 bridgehead atoms. The maximum Gasteiger partial charge on any atom is 0.337 e. The zero-order valence-corrected chi connectivity index (χ0v) is 8.58. The number of anilines is 1. The number of furan rings is 1. The van der Waals surface area contributed by atoms with E-state index in [2.05, 4.69) is 10.3 Å². The molecule has 0 aliphatic rings. The first-order valence-electron chi connectivity index (χ1n) is 4.70. The molecule has 0 saturated heterocycles. The summed E-state index contributed by atoms with van der Waals surface area (Å²) >= 11 is 0. The van der Waals surface area contributed by atoms with Crippen LogP contribution in [0.5, 0.6) is 0 Å². The van der Waals surface area contributed by atoms with Crippen LogP contribution < -0.4 is 5.32 Å². The predicted octanol–water partition coefficient (Wildman–Crippen LogP) is 1.63. The third-order valence-corrected chi connectivity index (χ3v) is 1.99. The highest BCUT2D eigenvalue weighted by Gasteiger charge is 2.10. The monoisotopic (exact) mass is 232 g/mol. The van der Waals surface area contributed by atoms with Crippen molar-refractivity contribution in [3.63, 3.8) is 0 Å². The van der Waals surface area contributed by atoms with E-state index in [0.717, 1.165) is 0 Å². The van der Waals surface area contributed by atoms with Crippen LogP contribution in [0.1, 0.15) is 20.9 Å². The number of amides is 1. The minimum absolute atomic E-state index is 0.00208. The number of nitrogens with one attached hydrogen (secondary N) is 1. The van der Waals surface area contributed by atoms with Gasteiger partial charge in [-0.05, 0) is 18.2 Å². The summed E-state index contributed by atoms with van der Waals surface area (Å²) < 4.78 is 4.90. The molecule has 2 aromatic rings. The Hall–Kier alpha value is -2.63. The fraction of sp³-hybridized carbons (Fsp3) is 0. The predicted molar refractivity (Wildman–Crippen MR) is 57.9 cm³/mol. The Morgan fingerprint density at radius 3 is 2.82 bits per heavy atom. The first kappa shape index (κ1) is 10.9. The topological polar surface area (TPSA) is 92.4 Å². The van der Waals surface area contributed by atoms with E-state index in [-0.39, 0.29) is 11.3 Å². The van der Waals surface area contributed by atoms with Crippen molar-refractivity contribution in [2.45, 2.75) is 0 Å². The van der Waals surface area contributed by atoms with Crippen LogP contribution in [0.25, 0.3) is 0 Å². The summed E-state index contributed by atoms with van der Waals surface area (Å²) in [7, 11) is 0. The van der Waals surface area contributed by atoms with Crippen molar-refractivity contribution in [1.82, 2.24) is 4.98 Å². The Morgan fingerprint density at radius 1 is 1.35 bits per heavy atom. The highest BCUT2D eigenvalue weighted by atomic mass is 16.4. The number of carboxylic acid groups (broad SMARTS) is 1. The van der Waals surface area contributed by atoms with Crippen molar-refractivity contribution in [1.29, 1.82) is 0 Å². The van der Waals surface area contributed by atoms with Crippen molar-refractivity contribution >= 4 is 17.6 Å². The van der Waals surface area contributed by atoms with E-state index in [1.807, 2.05) is 0 Å². The van der Waals surface area contributed by atoms with Crippen LogP contribution in [0.15, 0.2) is 41.3 Å². The van der Waals surface area contributed by atoms with Gasteiger partial charge in [0.25, 0.3) is 5.91 Å². The van der Waals surface area contributed by atoms with Gasteiger partial charge in [-0.15, -0.1) is 0 Å². The van der Waals surface area contributed by atoms with Gasteiger partial charge in [0.05, 0.1) is 23.7 Å². The molecule has 0 radical (unpaired) electrons. The zero-order valence-electron chi connectivity index (χ0n) is 8.58. The first-order valence-corrected chi connectivity index (χ1v) is 4.70. The number of carbonyl (C=O) groups is 2. The number of aromatic carboxylic acids is 1. The number of pyridine rings is 1. The second-order valence-electron chi connectivity index (χ2n) is 3.20. The minimum atomic E-state index is -1.11. The van der Waals surface area contributed by atoms with Crippen LogP contribution in [0.2, 0.25) is 0 Å². The number of carboxylic acids is 1. The van der Waals surface area contributed by atoms with Crippen LogP contribution in [-0.4, -0.2) is 22.0 Å². The molecule has 2 aromatic heterocycles. The van der Waals surface area contributed by atoms with E-state index in [1.165, 1.54) is 30.8 Å². The van der Waals surface area contributed by atoms with E-state index in [9.17, 15) is 9.59 Å². The fourth-order valence-corrected chi connectivity index (χ4v) is 1.23.